The van der Waals surface area contributed by atoms with Crippen LogP contribution in [-0.2, 0) is 11.2 Å². The van der Waals surface area contributed by atoms with E-state index in [9.17, 15) is 9.18 Å². The van der Waals surface area contributed by atoms with E-state index in [1.54, 1.807) is 24.3 Å². The number of carbonyl (C=O) groups is 1. The zero-order valence-corrected chi connectivity index (χ0v) is 10.2. The Kier molecular flexibility index (Phi) is 2.71. The Hall–Kier alpha value is -2.36. The molecule has 1 atom stereocenters. The molecule has 2 aromatic rings. The molecule has 0 bridgehead atoms. The Morgan fingerprint density at radius 2 is 1.95 bits per heavy atom. The van der Waals surface area contributed by atoms with Gasteiger partial charge in [-0.3, -0.25) is 4.79 Å². The molecule has 0 aliphatic carbocycles. The second-order valence-corrected chi connectivity index (χ2v) is 4.65. The molecule has 0 aromatic heterocycles. The van der Waals surface area contributed by atoms with Crippen molar-refractivity contribution in [2.45, 2.75) is 12.3 Å². The summed E-state index contributed by atoms with van der Waals surface area (Å²) in [6.45, 7) is 0. The van der Waals surface area contributed by atoms with Gasteiger partial charge in [0.25, 0.3) is 0 Å². The predicted octanol–water partition coefficient (Wildman–Crippen LogP) is 2.69. The maximum absolute atomic E-state index is 13.7. The molecule has 96 valence electrons. The van der Waals surface area contributed by atoms with Crippen LogP contribution in [0.1, 0.15) is 17.0 Å². The summed E-state index contributed by atoms with van der Waals surface area (Å²) in [6, 6.07) is 11.9. The van der Waals surface area contributed by atoms with Crippen molar-refractivity contribution in [3.8, 4) is 0 Å². The van der Waals surface area contributed by atoms with Gasteiger partial charge in [0.2, 0.25) is 5.91 Å². The Morgan fingerprint density at radius 1 is 1.16 bits per heavy atom. The minimum atomic E-state index is -0.379. The lowest BCUT2D eigenvalue weighted by Crippen LogP contribution is -2.15. The molecular formula is C15H13FN2O. The van der Waals surface area contributed by atoms with Gasteiger partial charge in [-0.1, -0.05) is 30.3 Å². The molecule has 0 fully saturated rings. The predicted molar refractivity (Wildman–Crippen MR) is 72.3 cm³/mol. The van der Waals surface area contributed by atoms with E-state index in [2.05, 4.69) is 5.32 Å². The quantitative estimate of drug-likeness (QED) is 0.812. The van der Waals surface area contributed by atoms with Gasteiger partial charge in [-0.05, 0) is 29.7 Å². The van der Waals surface area contributed by atoms with Gasteiger partial charge < -0.3 is 11.1 Å². The largest absolute Gasteiger partial charge is 0.397 e. The highest BCUT2D eigenvalue weighted by Crippen LogP contribution is 2.38. The van der Waals surface area contributed by atoms with Gasteiger partial charge in [-0.15, -0.1) is 0 Å². The number of rotatable bonds is 2. The summed E-state index contributed by atoms with van der Waals surface area (Å²) in [5.41, 5.74) is 8.42. The molecule has 1 unspecified atom stereocenters. The molecule has 3 nitrogen and oxygen atoms in total. The third-order valence-corrected chi connectivity index (χ3v) is 3.45. The average Bonchev–Trinajstić information content (AvgIpc) is 2.71. The van der Waals surface area contributed by atoms with Gasteiger partial charge in [0.1, 0.15) is 5.82 Å². The van der Waals surface area contributed by atoms with Crippen molar-refractivity contribution < 1.29 is 9.18 Å². The number of fused-ring (bicyclic) bond motifs is 1. The van der Waals surface area contributed by atoms with Crippen LogP contribution in [0.3, 0.4) is 0 Å². The van der Waals surface area contributed by atoms with Crippen LogP contribution >= 0.6 is 0 Å². The van der Waals surface area contributed by atoms with Gasteiger partial charge in [0, 0.05) is 0 Å². The second kappa shape index (κ2) is 4.39. The fourth-order valence-corrected chi connectivity index (χ4v) is 2.46. The van der Waals surface area contributed by atoms with E-state index in [-0.39, 0.29) is 17.6 Å². The topological polar surface area (TPSA) is 55.1 Å². The standard InChI is InChI=1S/C15H13FN2O/c16-12-6-2-1-4-9(12)8-11-10-5-3-7-13(17)14(10)18-15(11)19/h1-7,11H,8,17H2,(H,18,19). The molecule has 2 aromatic carbocycles. The number of nitrogen functional groups attached to an aromatic ring is 1. The highest BCUT2D eigenvalue weighted by atomic mass is 19.1. The number of amides is 1. The van der Waals surface area contributed by atoms with E-state index >= 15 is 0 Å². The molecule has 3 N–H and O–H groups in total. The lowest BCUT2D eigenvalue weighted by atomic mass is 9.93. The van der Waals surface area contributed by atoms with Crippen LogP contribution in [0.25, 0.3) is 0 Å². The molecule has 0 spiro atoms. The molecule has 1 heterocycles. The van der Waals surface area contributed by atoms with Crippen LogP contribution in [-0.4, -0.2) is 5.91 Å². The summed E-state index contributed by atoms with van der Waals surface area (Å²) >= 11 is 0. The molecule has 0 saturated heterocycles. The molecule has 3 rings (SSSR count). The third kappa shape index (κ3) is 1.95. The lowest BCUT2D eigenvalue weighted by Gasteiger charge is -2.09. The minimum Gasteiger partial charge on any atom is -0.397 e. The van der Waals surface area contributed by atoms with E-state index < -0.39 is 0 Å². The monoisotopic (exact) mass is 256 g/mol. The Morgan fingerprint density at radius 3 is 2.74 bits per heavy atom. The van der Waals surface area contributed by atoms with Crippen molar-refractivity contribution in [2.75, 3.05) is 11.1 Å². The first-order valence-corrected chi connectivity index (χ1v) is 6.09. The van der Waals surface area contributed by atoms with Gasteiger partial charge in [-0.25, -0.2) is 4.39 Å². The first-order valence-electron chi connectivity index (χ1n) is 6.09. The minimum absolute atomic E-state index is 0.129. The Bertz CT molecular complexity index is 654. The van der Waals surface area contributed by atoms with Crippen LogP contribution in [0, 0.1) is 5.82 Å². The number of hydrogen-bond donors (Lipinski definition) is 2. The maximum Gasteiger partial charge on any atom is 0.232 e. The molecule has 1 aliphatic heterocycles. The third-order valence-electron chi connectivity index (χ3n) is 3.45. The average molecular weight is 256 g/mol. The van der Waals surface area contributed by atoms with E-state index in [1.165, 1.54) is 6.07 Å². The van der Waals surface area contributed by atoms with Crippen molar-refractivity contribution in [2.24, 2.45) is 0 Å². The Labute approximate surface area is 110 Å². The zero-order valence-electron chi connectivity index (χ0n) is 10.2. The first kappa shape index (κ1) is 11.7. The van der Waals surface area contributed by atoms with Crippen LogP contribution in [0.15, 0.2) is 42.5 Å². The molecule has 1 aliphatic rings. The maximum atomic E-state index is 13.7. The van der Waals surface area contributed by atoms with Crippen LogP contribution in [0.4, 0.5) is 15.8 Å². The van der Waals surface area contributed by atoms with Crippen molar-refractivity contribution >= 4 is 17.3 Å². The molecule has 0 radical (unpaired) electrons. The SMILES string of the molecule is Nc1cccc2c1NC(=O)C2Cc1ccccc1F. The van der Waals surface area contributed by atoms with E-state index in [0.717, 1.165) is 5.56 Å². The van der Waals surface area contributed by atoms with Crippen molar-refractivity contribution in [3.05, 3.63) is 59.4 Å². The van der Waals surface area contributed by atoms with Crippen molar-refractivity contribution in [3.63, 3.8) is 0 Å². The van der Waals surface area contributed by atoms with E-state index in [4.69, 9.17) is 5.73 Å². The fourth-order valence-electron chi connectivity index (χ4n) is 2.46. The van der Waals surface area contributed by atoms with E-state index in [0.29, 0.717) is 23.4 Å². The first-order chi connectivity index (χ1) is 9.16. The number of carbonyl (C=O) groups excluding carboxylic acids is 1. The summed E-state index contributed by atoms with van der Waals surface area (Å²) in [4.78, 5) is 12.0. The second-order valence-electron chi connectivity index (χ2n) is 4.65. The number of halogens is 1. The van der Waals surface area contributed by atoms with E-state index in [1.807, 2.05) is 12.1 Å². The smallest absolute Gasteiger partial charge is 0.232 e. The van der Waals surface area contributed by atoms with Crippen LogP contribution in [0.5, 0.6) is 0 Å². The summed E-state index contributed by atoms with van der Waals surface area (Å²) in [7, 11) is 0. The summed E-state index contributed by atoms with van der Waals surface area (Å²) < 4.78 is 13.7. The fraction of sp³-hybridized carbons (Fsp3) is 0.133. The Balaban J connectivity index is 1.97. The number of nitrogens with two attached hydrogens (primary N) is 1. The highest BCUT2D eigenvalue weighted by molar-refractivity contribution is 6.05. The van der Waals surface area contributed by atoms with Gasteiger partial charge in [0.05, 0.1) is 17.3 Å². The summed E-state index contributed by atoms with van der Waals surface area (Å²) in [6.07, 6.45) is 0.342. The number of benzene rings is 2. The molecule has 19 heavy (non-hydrogen) atoms. The highest BCUT2D eigenvalue weighted by Gasteiger charge is 2.32. The number of hydrogen-bond acceptors (Lipinski definition) is 2. The normalized spacial score (nSPS) is 17.1. The number of anilines is 2. The molecular weight excluding hydrogens is 243 g/mol. The van der Waals surface area contributed by atoms with Crippen LogP contribution in [0.2, 0.25) is 0 Å². The van der Waals surface area contributed by atoms with Gasteiger partial charge in [-0.2, -0.15) is 0 Å². The lowest BCUT2D eigenvalue weighted by molar-refractivity contribution is -0.117. The number of nitrogens with one attached hydrogen (secondary N) is 1. The van der Waals surface area contributed by atoms with Crippen molar-refractivity contribution in [1.82, 2.24) is 0 Å². The van der Waals surface area contributed by atoms with Crippen molar-refractivity contribution in [1.29, 1.82) is 0 Å². The zero-order chi connectivity index (χ0) is 13.4. The van der Waals surface area contributed by atoms with Gasteiger partial charge >= 0.3 is 0 Å². The van der Waals surface area contributed by atoms with Crippen LogP contribution < -0.4 is 11.1 Å². The van der Waals surface area contributed by atoms with Gasteiger partial charge in [0.15, 0.2) is 0 Å². The molecule has 1 amide bonds. The molecule has 4 heteroatoms. The summed E-state index contributed by atoms with van der Waals surface area (Å²) in [5.74, 6) is -0.792. The summed E-state index contributed by atoms with van der Waals surface area (Å²) in [5, 5.41) is 2.77. The number of para-hydroxylation sites is 1. The molecule has 0 saturated carbocycles.